The molecule has 7 aromatic rings. The number of pyridine rings is 1. The first-order chi connectivity index (χ1) is 23.3. The Morgan fingerprint density at radius 3 is 1.45 bits per heavy atom. The number of hydrogen-bond acceptors (Lipinski definition) is 2. The second kappa shape index (κ2) is 12.7. The van der Waals surface area contributed by atoms with Crippen LogP contribution in [0.25, 0.3) is 39.3 Å². The van der Waals surface area contributed by atoms with E-state index in [1.165, 1.54) is 11.1 Å². The van der Waals surface area contributed by atoms with Crippen LogP contribution in [0.5, 0.6) is 0 Å². The molecule has 0 spiro atoms. The predicted molar refractivity (Wildman–Crippen MR) is 194 cm³/mol. The van der Waals surface area contributed by atoms with Crippen LogP contribution < -0.4 is 9.58 Å². The SMILES string of the molecule is c1ccc(C2=NN(c3ccc(-c4cc(-c5ccccc5)[n+](-c5ccccc5)c(-c5ccccc5)c4)cc3)[C@@H](c3ccccc3)C2)cc1. The first kappa shape index (κ1) is 28.4. The van der Waals surface area contributed by atoms with Crippen molar-refractivity contribution in [2.45, 2.75) is 12.5 Å². The molecule has 0 radical (unpaired) electrons. The van der Waals surface area contributed by atoms with Gasteiger partial charge in [0.2, 0.25) is 17.1 Å². The molecule has 0 fully saturated rings. The lowest BCUT2D eigenvalue weighted by Crippen LogP contribution is -2.36. The third-order valence-electron chi connectivity index (χ3n) is 8.89. The van der Waals surface area contributed by atoms with Crippen molar-refractivity contribution in [2.24, 2.45) is 5.10 Å². The smallest absolute Gasteiger partial charge is 0.219 e. The van der Waals surface area contributed by atoms with Crippen LogP contribution in [-0.4, -0.2) is 5.71 Å². The van der Waals surface area contributed by atoms with E-state index in [1.807, 2.05) is 0 Å². The van der Waals surface area contributed by atoms with Gasteiger partial charge in [-0.3, -0.25) is 5.01 Å². The van der Waals surface area contributed by atoms with Gasteiger partial charge in [0, 0.05) is 41.8 Å². The number of aromatic nitrogens is 1. The van der Waals surface area contributed by atoms with Gasteiger partial charge in [-0.1, -0.05) is 127 Å². The molecule has 0 bridgehead atoms. The van der Waals surface area contributed by atoms with Crippen LogP contribution in [-0.2, 0) is 0 Å². The van der Waals surface area contributed by atoms with Crippen LogP contribution in [0.4, 0.5) is 5.69 Å². The summed E-state index contributed by atoms with van der Waals surface area (Å²) in [4.78, 5) is 0. The topological polar surface area (TPSA) is 19.5 Å². The van der Waals surface area contributed by atoms with Crippen molar-refractivity contribution < 1.29 is 4.57 Å². The Bertz CT molecular complexity index is 2070. The number of anilines is 1. The molecule has 2 heterocycles. The fourth-order valence-corrected chi connectivity index (χ4v) is 6.55. The number of nitrogens with zero attached hydrogens (tertiary/aromatic N) is 3. The van der Waals surface area contributed by atoms with Gasteiger partial charge in [-0.25, -0.2) is 0 Å². The van der Waals surface area contributed by atoms with Gasteiger partial charge < -0.3 is 0 Å². The van der Waals surface area contributed by atoms with Crippen molar-refractivity contribution in [1.82, 2.24) is 0 Å². The summed E-state index contributed by atoms with van der Waals surface area (Å²) in [5, 5.41) is 7.38. The summed E-state index contributed by atoms with van der Waals surface area (Å²) in [7, 11) is 0. The van der Waals surface area contributed by atoms with Gasteiger partial charge in [0.15, 0.2) is 0 Å². The lowest BCUT2D eigenvalue weighted by atomic mass is 9.97. The minimum Gasteiger partial charge on any atom is -0.257 e. The van der Waals surface area contributed by atoms with Crippen molar-refractivity contribution in [3.05, 3.63) is 199 Å². The number of para-hydroxylation sites is 1. The first-order valence-corrected chi connectivity index (χ1v) is 16.2. The molecule has 0 aliphatic carbocycles. The van der Waals surface area contributed by atoms with Gasteiger partial charge in [-0.05, 0) is 58.7 Å². The van der Waals surface area contributed by atoms with Crippen LogP contribution in [0.3, 0.4) is 0 Å². The van der Waals surface area contributed by atoms with Gasteiger partial charge in [0.1, 0.15) is 0 Å². The Balaban J connectivity index is 1.25. The standard InChI is InChI=1S/C44H34N3/c1-6-16-34(17-7-1)41-32-44(37-22-12-4-13-23-37)47(45-41)40-28-26-33(27-29-40)38-30-42(35-18-8-2-9-19-35)46(39-24-14-5-15-25-39)43(31-38)36-20-10-3-11-21-36/h1-31,44H,32H2/q+1/t44-/m1/s1. The summed E-state index contributed by atoms with van der Waals surface area (Å²) >= 11 is 0. The molecule has 3 nitrogen and oxygen atoms in total. The summed E-state index contributed by atoms with van der Waals surface area (Å²) in [6.07, 6.45) is 0.856. The second-order valence-electron chi connectivity index (χ2n) is 11.9. The zero-order valence-corrected chi connectivity index (χ0v) is 26.0. The van der Waals surface area contributed by atoms with Crippen molar-refractivity contribution in [3.63, 3.8) is 0 Å². The van der Waals surface area contributed by atoms with E-state index in [1.54, 1.807) is 0 Å². The molecular weight excluding hydrogens is 571 g/mol. The quantitative estimate of drug-likeness (QED) is 0.166. The maximum atomic E-state index is 5.19. The van der Waals surface area contributed by atoms with E-state index in [4.69, 9.17) is 5.10 Å². The molecule has 6 aromatic carbocycles. The zero-order chi connectivity index (χ0) is 31.4. The maximum Gasteiger partial charge on any atom is 0.219 e. The molecule has 224 valence electrons. The maximum absolute atomic E-state index is 5.19. The molecule has 1 aliphatic heterocycles. The third kappa shape index (κ3) is 5.76. The zero-order valence-electron chi connectivity index (χ0n) is 26.0. The largest absolute Gasteiger partial charge is 0.257 e. The molecular formula is C44H34N3+. The van der Waals surface area contributed by atoms with Crippen molar-refractivity contribution in [1.29, 1.82) is 0 Å². The van der Waals surface area contributed by atoms with Crippen LogP contribution in [0, 0.1) is 0 Å². The van der Waals surface area contributed by atoms with Crippen molar-refractivity contribution in [2.75, 3.05) is 5.01 Å². The van der Waals surface area contributed by atoms with E-state index in [-0.39, 0.29) is 6.04 Å². The Labute approximate surface area is 276 Å². The summed E-state index contributed by atoms with van der Waals surface area (Å²) in [6.45, 7) is 0. The molecule has 0 N–H and O–H groups in total. The molecule has 0 unspecified atom stereocenters. The van der Waals surface area contributed by atoms with E-state index in [0.29, 0.717) is 0 Å². The molecule has 47 heavy (non-hydrogen) atoms. The Morgan fingerprint density at radius 1 is 0.447 bits per heavy atom. The van der Waals surface area contributed by atoms with E-state index in [2.05, 4.69) is 198 Å². The average Bonchev–Trinajstić information content (AvgIpc) is 3.62. The van der Waals surface area contributed by atoms with Crippen LogP contribution in [0.2, 0.25) is 0 Å². The van der Waals surface area contributed by atoms with Gasteiger partial charge in [-0.2, -0.15) is 9.67 Å². The second-order valence-corrected chi connectivity index (χ2v) is 11.9. The van der Waals surface area contributed by atoms with E-state index < -0.39 is 0 Å². The fraction of sp³-hybridized carbons (Fsp3) is 0.0455. The Hall–Kier alpha value is -6.06. The van der Waals surface area contributed by atoms with E-state index >= 15 is 0 Å². The van der Waals surface area contributed by atoms with Crippen molar-refractivity contribution >= 4 is 11.4 Å². The average molecular weight is 605 g/mol. The monoisotopic (exact) mass is 604 g/mol. The van der Waals surface area contributed by atoms with Gasteiger partial charge in [-0.15, -0.1) is 0 Å². The first-order valence-electron chi connectivity index (χ1n) is 16.2. The molecule has 1 aromatic heterocycles. The Kier molecular flexibility index (Phi) is 7.70. The lowest BCUT2D eigenvalue weighted by molar-refractivity contribution is -0.572. The number of benzene rings is 6. The summed E-state index contributed by atoms with van der Waals surface area (Å²) in [5.74, 6) is 0. The number of rotatable bonds is 7. The molecule has 0 saturated carbocycles. The van der Waals surface area contributed by atoms with Crippen LogP contribution in [0.15, 0.2) is 193 Å². The molecule has 3 heteroatoms. The molecule has 1 aliphatic rings. The predicted octanol–water partition coefficient (Wildman–Crippen LogP) is 10.3. The minimum atomic E-state index is 0.133. The van der Waals surface area contributed by atoms with Gasteiger partial charge >= 0.3 is 0 Å². The van der Waals surface area contributed by atoms with E-state index in [9.17, 15) is 0 Å². The highest BCUT2D eigenvalue weighted by molar-refractivity contribution is 6.03. The Morgan fingerprint density at radius 2 is 0.915 bits per heavy atom. The van der Waals surface area contributed by atoms with Crippen molar-refractivity contribution in [3.8, 4) is 39.3 Å². The van der Waals surface area contributed by atoms with Gasteiger partial charge in [0.25, 0.3) is 0 Å². The third-order valence-corrected chi connectivity index (χ3v) is 8.89. The highest BCUT2D eigenvalue weighted by Gasteiger charge is 2.30. The molecule has 0 amide bonds. The molecule has 0 saturated heterocycles. The lowest BCUT2D eigenvalue weighted by Gasteiger charge is -2.24. The van der Waals surface area contributed by atoms with E-state index in [0.717, 1.165) is 57.1 Å². The normalized spacial score (nSPS) is 14.2. The summed E-state index contributed by atoms with van der Waals surface area (Å²) in [6, 6.07) is 66.9. The highest BCUT2D eigenvalue weighted by atomic mass is 15.5. The molecule has 1 atom stereocenters. The van der Waals surface area contributed by atoms with Crippen LogP contribution >= 0.6 is 0 Å². The number of hydrogen-bond donors (Lipinski definition) is 0. The summed E-state index contributed by atoms with van der Waals surface area (Å²) < 4.78 is 2.37. The van der Waals surface area contributed by atoms with Gasteiger partial charge in [0.05, 0.1) is 17.4 Å². The fourth-order valence-electron chi connectivity index (χ4n) is 6.55. The minimum absolute atomic E-state index is 0.133. The van der Waals surface area contributed by atoms with Crippen LogP contribution in [0.1, 0.15) is 23.6 Å². The highest BCUT2D eigenvalue weighted by Crippen LogP contribution is 2.38. The number of hydrazone groups is 1. The summed E-state index contributed by atoms with van der Waals surface area (Å²) in [5.41, 5.74) is 12.7. The molecule has 8 rings (SSSR count).